The number of carbonyl (C=O) groups excluding carboxylic acids is 1. The van der Waals surface area contributed by atoms with E-state index in [1.165, 1.54) is 6.07 Å². The third-order valence-corrected chi connectivity index (χ3v) is 3.24. The summed E-state index contributed by atoms with van der Waals surface area (Å²) in [5.41, 5.74) is 0.660. The number of esters is 1. The first-order valence-electron chi connectivity index (χ1n) is 4.99. The fourth-order valence-corrected chi connectivity index (χ4v) is 2.28. The lowest BCUT2D eigenvalue weighted by Crippen LogP contribution is -2.11. The normalized spacial score (nSPS) is 10.6. The van der Waals surface area contributed by atoms with Crippen molar-refractivity contribution in [2.45, 2.75) is 18.9 Å². The van der Waals surface area contributed by atoms with Gasteiger partial charge < -0.3 is 9.47 Å². The lowest BCUT2D eigenvalue weighted by atomic mass is 10.1. The first-order valence-corrected chi connectivity index (χ1v) is 6.91. The summed E-state index contributed by atoms with van der Waals surface area (Å²) in [6.45, 7) is -1.22. The van der Waals surface area contributed by atoms with E-state index in [0.717, 1.165) is 0 Å². The molecule has 0 heterocycles. The largest absolute Gasteiger partial charge is 0.462 e. The summed E-state index contributed by atoms with van der Waals surface area (Å²) in [6, 6.07) is 3.01. The van der Waals surface area contributed by atoms with E-state index in [1.807, 2.05) is 0 Å². The van der Waals surface area contributed by atoms with E-state index in [4.69, 9.17) is 4.74 Å². The molecule has 0 aliphatic carbocycles. The Balaban J connectivity index is 3.23. The second kappa shape index (κ2) is 7.04. The van der Waals surface area contributed by atoms with Crippen molar-refractivity contribution in [3.8, 4) is 5.75 Å². The molecule has 0 saturated carbocycles. The predicted octanol–water partition coefficient (Wildman–Crippen LogP) is 4.12. The smallest absolute Gasteiger partial charge is 0.387 e. The number of hydrogen-bond acceptors (Lipinski definition) is 3. The van der Waals surface area contributed by atoms with Gasteiger partial charge in [-0.1, -0.05) is 15.9 Å². The van der Waals surface area contributed by atoms with E-state index >= 15 is 0 Å². The molecule has 1 aromatic carbocycles. The van der Waals surface area contributed by atoms with Gasteiger partial charge in [0, 0.05) is 9.80 Å². The minimum absolute atomic E-state index is 0.0400. The molecule has 3 nitrogen and oxygen atoms in total. The topological polar surface area (TPSA) is 35.5 Å². The molecule has 0 atom stereocenters. The standard InChI is InChI=1S/C11H10Br2F2O3/c1-2-17-10(16)9-7(13)3-6(5-12)4-8(9)18-11(14)15/h3-4,11H,2,5H2,1H3. The van der Waals surface area contributed by atoms with Crippen molar-refractivity contribution in [3.63, 3.8) is 0 Å². The Morgan fingerprint density at radius 2 is 2.11 bits per heavy atom. The number of rotatable bonds is 5. The average Bonchev–Trinajstić information content (AvgIpc) is 2.27. The van der Waals surface area contributed by atoms with Gasteiger partial charge in [-0.25, -0.2) is 4.79 Å². The minimum atomic E-state index is -3.00. The van der Waals surface area contributed by atoms with Gasteiger partial charge in [0.2, 0.25) is 0 Å². The summed E-state index contributed by atoms with van der Waals surface area (Å²) in [4.78, 5) is 11.7. The Kier molecular flexibility index (Phi) is 6.01. The van der Waals surface area contributed by atoms with Gasteiger partial charge in [0.1, 0.15) is 11.3 Å². The summed E-state index contributed by atoms with van der Waals surface area (Å²) in [5.74, 6) is -0.909. The lowest BCUT2D eigenvalue weighted by Gasteiger charge is -2.13. The van der Waals surface area contributed by atoms with E-state index in [-0.39, 0.29) is 17.9 Å². The molecule has 0 unspecified atom stereocenters. The van der Waals surface area contributed by atoms with Crippen LogP contribution < -0.4 is 4.74 Å². The van der Waals surface area contributed by atoms with Crippen LogP contribution in [0.2, 0.25) is 0 Å². The van der Waals surface area contributed by atoms with Crippen LogP contribution in [-0.2, 0) is 10.1 Å². The van der Waals surface area contributed by atoms with Crippen molar-refractivity contribution < 1.29 is 23.0 Å². The molecule has 18 heavy (non-hydrogen) atoms. The summed E-state index contributed by atoms with van der Waals surface area (Å²) in [5, 5.41) is 0.453. The van der Waals surface area contributed by atoms with Gasteiger partial charge >= 0.3 is 12.6 Å². The van der Waals surface area contributed by atoms with Crippen LogP contribution in [0.3, 0.4) is 0 Å². The number of halogens is 4. The monoisotopic (exact) mass is 386 g/mol. The van der Waals surface area contributed by atoms with Crippen molar-refractivity contribution in [2.75, 3.05) is 6.61 Å². The van der Waals surface area contributed by atoms with Crippen molar-refractivity contribution in [3.05, 3.63) is 27.7 Å². The van der Waals surface area contributed by atoms with Crippen LogP contribution in [0, 0.1) is 0 Å². The van der Waals surface area contributed by atoms with Gasteiger partial charge in [-0.3, -0.25) is 0 Å². The predicted molar refractivity (Wildman–Crippen MR) is 69.4 cm³/mol. The van der Waals surface area contributed by atoms with E-state index in [0.29, 0.717) is 15.4 Å². The molecule has 0 saturated heterocycles. The molecule has 1 rings (SSSR count). The van der Waals surface area contributed by atoms with Crippen LogP contribution in [-0.4, -0.2) is 19.2 Å². The number of carbonyl (C=O) groups is 1. The van der Waals surface area contributed by atoms with Crippen molar-refractivity contribution in [2.24, 2.45) is 0 Å². The summed E-state index contributed by atoms with van der Waals surface area (Å²) < 4.78 is 34.1. The molecule has 1 aromatic rings. The van der Waals surface area contributed by atoms with Crippen LogP contribution in [0.1, 0.15) is 22.8 Å². The highest BCUT2D eigenvalue weighted by molar-refractivity contribution is 9.10. The Labute approximate surface area is 120 Å². The number of alkyl halides is 3. The molecule has 7 heteroatoms. The van der Waals surface area contributed by atoms with Crippen LogP contribution in [0.25, 0.3) is 0 Å². The van der Waals surface area contributed by atoms with Gasteiger partial charge in [-0.2, -0.15) is 8.78 Å². The average molecular weight is 388 g/mol. The number of hydrogen-bond donors (Lipinski definition) is 0. The highest BCUT2D eigenvalue weighted by atomic mass is 79.9. The number of ether oxygens (including phenoxy) is 2. The fraction of sp³-hybridized carbons (Fsp3) is 0.364. The first kappa shape index (κ1) is 15.4. The molecule has 0 aliphatic rings. The SMILES string of the molecule is CCOC(=O)c1c(Br)cc(CBr)cc1OC(F)F. The fourth-order valence-electron chi connectivity index (χ4n) is 1.30. The van der Waals surface area contributed by atoms with E-state index in [9.17, 15) is 13.6 Å². The highest BCUT2D eigenvalue weighted by Crippen LogP contribution is 2.31. The Bertz CT molecular complexity index is 439. The first-order chi connectivity index (χ1) is 8.49. The van der Waals surface area contributed by atoms with Crippen molar-refractivity contribution >= 4 is 37.8 Å². The Hall–Kier alpha value is -0.690. The second-order valence-corrected chi connectivity index (χ2v) is 4.60. The Morgan fingerprint density at radius 1 is 1.44 bits per heavy atom. The second-order valence-electron chi connectivity index (χ2n) is 3.18. The third kappa shape index (κ3) is 3.91. The summed E-state index contributed by atoms with van der Waals surface area (Å²) >= 11 is 6.36. The van der Waals surface area contributed by atoms with Crippen molar-refractivity contribution in [1.29, 1.82) is 0 Å². The maximum absolute atomic E-state index is 12.3. The molecule has 0 radical (unpaired) electrons. The molecule has 0 aromatic heterocycles. The minimum Gasteiger partial charge on any atom is -0.462 e. The zero-order valence-electron chi connectivity index (χ0n) is 9.38. The molecule has 0 aliphatic heterocycles. The van der Waals surface area contributed by atoms with Gasteiger partial charge in [0.15, 0.2) is 0 Å². The molecule has 0 amide bonds. The molecule has 0 N–H and O–H groups in total. The highest BCUT2D eigenvalue weighted by Gasteiger charge is 2.21. The van der Waals surface area contributed by atoms with Crippen LogP contribution >= 0.6 is 31.9 Å². The Morgan fingerprint density at radius 3 is 2.61 bits per heavy atom. The van der Waals surface area contributed by atoms with E-state index in [1.54, 1.807) is 13.0 Å². The van der Waals surface area contributed by atoms with Crippen LogP contribution in [0.5, 0.6) is 5.75 Å². The molecule has 0 fully saturated rings. The quantitative estimate of drug-likeness (QED) is 0.563. The third-order valence-electron chi connectivity index (χ3n) is 1.96. The molecule has 0 bridgehead atoms. The van der Waals surface area contributed by atoms with Gasteiger partial charge in [-0.05, 0) is 40.5 Å². The van der Waals surface area contributed by atoms with Gasteiger partial charge in [0.05, 0.1) is 6.61 Å². The van der Waals surface area contributed by atoms with Crippen LogP contribution in [0.4, 0.5) is 8.78 Å². The van der Waals surface area contributed by atoms with Crippen molar-refractivity contribution in [1.82, 2.24) is 0 Å². The summed E-state index contributed by atoms with van der Waals surface area (Å²) in [6.07, 6.45) is 0. The molecule has 100 valence electrons. The zero-order chi connectivity index (χ0) is 13.7. The van der Waals surface area contributed by atoms with E-state index in [2.05, 4.69) is 36.6 Å². The van der Waals surface area contributed by atoms with Gasteiger partial charge in [0.25, 0.3) is 0 Å². The van der Waals surface area contributed by atoms with Crippen LogP contribution in [0.15, 0.2) is 16.6 Å². The lowest BCUT2D eigenvalue weighted by molar-refractivity contribution is -0.0505. The maximum Gasteiger partial charge on any atom is 0.387 e. The number of benzene rings is 1. The zero-order valence-corrected chi connectivity index (χ0v) is 12.6. The molecular formula is C11H10Br2F2O3. The maximum atomic E-state index is 12.3. The van der Waals surface area contributed by atoms with Gasteiger partial charge in [-0.15, -0.1) is 0 Å². The molecule has 0 spiro atoms. The summed E-state index contributed by atoms with van der Waals surface area (Å²) in [7, 11) is 0. The molecular weight excluding hydrogens is 378 g/mol. The van der Waals surface area contributed by atoms with E-state index < -0.39 is 12.6 Å².